The van der Waals surface area contributed by atoms with Crippen molar-refractivity contribution in [1.29, 1.82) is 0 Å². The summed E-state index contributed by atoms with van der Waals surface area (Å²) in [5.74, 6) is 0.453. The standard InChI is InChI=1S/C27H29F13N2O6/c1-3-5-13-44-20(7-4-2)45-19-15-18(21-41-11-6-12-42-21)9-8-17(19)10-14-43-16-22(28,29)46-23(30,31)24(32,33)47-25(34,35)26(36,37)48-27(38,39)40/h6,8-9,11-12,15,20H,3-5,7,10,13-14,16H2,1-2H3. The van der Waals surface area contributed by atoms with Gasteiger partial charge in [0.15, 0.2) is 12.1 Å². The number of ether oxygens (including phenoxy) is 6. The van der Waals surface area contributed by atoms with E-state index in [1.165, 1.54) is 30.6 Å². The van der Waals surface area contributed by atoms with Gasteiger partial charge in [-0.3, -0.25) is 0 Å². The molecule has 21 heteroatoms. The Balaban J connectivity index is 2.13. The van der Waals surface area contributed by atoms with E-state index >= 15 is 0 Å². The van der Waals surface area contributed by atoms with E-state index in [0.717, 1.165) is 12.8 Å². The minimum absolute atomic E-state index is 0.164. The van der Waals surface area contributed by atoms with Crippen LogP contribution in [0.3, 0.4) is 0 Å². The zero-order chi connectivity index (χ0) is 36.4. The molecule has 274 valence electrons. The Hall–Kier alpha value is -3.01. The Morgan fingerprint density at radius 3 is 1.85 bits per heavy atom. The summed E-state index contributed by atoms with van der Waals surface area (Å²) in [6.07, 6.45) is -35.4. The maximum atomic E-state index is 14.0. The van der Waals surface area contributed by atoms with Crippen molar-refractivity contribution < 1.29 is 85.5 Å². The van der Waals surface area contributed by atoms with Gasteiger partial charge < -0.3 is 14.2 Å². The summed E-state index contributed by atoms with van der Waals surface area (Å²) < 4.78 is 193. The highest BCUT2D eigenvalue weighted by Crippen LogP contribution is 2.48. The number of aromatic nitrogens is 2. The SMILES string of the molecule is CCCCOC(CCC)Oc1cc(-c2ncccn2)ccc1CCOCC(F)(F)OC(F)(F)C(F)(F)OC(F)(F)C(F)(F)OC(F)(F)F. The number of unbranched alkanes of at least 4 members (excludes halogenated alkanes) is 1. The highest BCUT2D eigenvalue weighted by atomic mass is 19.4. The zero-order valence-electron chi connectivity index (χ0n) is 25.0. The zero-order valence-corrected chi connectivity index (χ0v) is 25.0. The average Bonchev–Trinajstić information content (AvgIpc) is 2.94. The summed E-state index contributed by atoms with van der Waals surface area (Å²) in [6.45, 7) is 1.20. The van der Waals surface area contributed by atoms with Gasteiger partial charge in [-0.2, -0.15) is 43.9 Å². The first-order chi connectivity index (χ1) is 22.0. The number of alkyl halides is 13. The molecule has 1 heterocycles. The van der Waals surface area contributed by atoms with Crippen molar-refractivity contribution in [2.75, 3.05) is 19.8 Å². The molecule has 8 nitrogen and oxygen atoms in total. The van der Waals surface area contributed by atoms with Gasteiger partial charge in [0.05, 0.1) is 13.2 Å². The number of hydrogen-bond acceptors (Lipinski definition) is 8. The van der Waals surface area contributed by atoms with Gasteiger partial charge in [-0.1, -0.05) is 38.8 Å². The molecule has 2 rings (SSSR count). The normalized spacial score (nSPS) is 14.3. The van der Waals surface area contributed by atoms with Crippen LogP contribution in [0.5, 0.6) is 5.75 Å². The van der Waals surface area contributed by atoms with Gasteiger partial charge in [-0.05, 0) is 30.5 Å². The van der Waals surface area contributed by atoms with Crippen LogP contribution in [0.25, 0.3) is 11.4 Å². The van der Waals surface area contributed by atoms with Crippen LogP contribution in [0.4, 0.5) is 57.1 Å². The smallest absolute Gasteiger partial charge is 0.465 e. The van der Waals surface area contributed by atoms with Crippen LogP contribution in [0.15, 0.2) is 36.7 Å². The van der Waals surface area contributed by atoms with E-state index in [1.807, 2.05) is 18.6 Å². The molecule has 1 unspecified atom stereocenters. The lowest BCUT2D eigenvalue weighted by atomic mass is 10.1. The lowest BCUT2D eigenvalue weighted by Gasteiger charge is -2.33. The Morgan fingerprint density at radius 1 is 0.708 bits per heavy atom. The van der Waals surface area contributed by atoms with Crippen molar-refractivity contribution in [3.63, 3.8) is 0 Å². The first kappa shape index (κ1) is 41.2. The van der Waals surface area contributed by atoms with Gasteiger partial charge in [0, 0.05) is 24.4 Å². The number of halogens is 13. The minimum Gasteiger partial charge on any atom is -0.465 e. The molecule has 0 saturated carbocycles. The Morgan fingerprint density at radius 2 is 1.29 bits per heavy atom. The molecule has 0 spiro atoms. The fourth-order valence-corrected chi connectivity index (χ4v) is 3.50. The van der Waals surface area contributed by atoms with Crippen LogP contribution in [0, 0.1) is 0 Å². The molecule has 2 aromatic rings. The molecule has 0 aliphatic carbocycles. The maximum absolute atomic E-state index is 14.0. The highest BCUT2D eigenvalue weighted by Gasteiger charge is 2.74. The summed E-state index contributed by atoms with van der Waals surface area (Å²) >= 11 is 0. The highest BCUT2D eigenvalue weighted by molar-refractivity contribution is 5.59. The molecule has 1 aromatic heterocycles. The van der Waals surface area contributed by atoms with Crippen LogP contribution in [0.2, 0.25) is 0 Å². The fraction of sp³-hybridized carbons (Fsp3) is 0.630. The third-order valence-electron chi connectivity index (χ3n) is 5.72. The molecule has 0 aliphatic heterocycles. The summed E-state index contributed by atoms with van der Waals surface area (Å²) in [6, 6.07) is 6.08. The topological polar surface area (TPSA) is 81.2 Å². The largest absolute Gasteiger partial charge is 0.527 e. The lowest BCUT2D eigenvalue weighted by Crippen LogP contribution is -2.57. The second kappa shape index (κ2) is 16.6. The second-order valence-corrected chi connectivity index (χ2v) is 9.71. The molecular formula is C27H29F13N2O6. The molecule has 0 radical (unpaired) electrons. The number of nitrogens with zero attached hydrogens (tertiary/aromatic N) is 2. The number of rotatable bonds is 21. The van der Waals surface area contributed by atoms with Gasteiger partial charge in [0.25, 0.3) is 0 Å². The number of benzene rings is 1. The van der Waals surface area contributed by atoms with Gasteiger partial charge in [-0.25, -0.2) is 24.2 Å². The first-order valence-corrected chi connectivity index (χ1v) is 13.9. The third kappa shape index (κ3) is 12.5. The molecule has 0 fully saturated rings. The molecule has 0 bridgehead atoms. The predicted molar refractivity (Wildman–Crippen MR) is 136 cm³/mol. The van der Waals surface area contributed by atoms with Gasteiger partial charge in [0.1, 0.15) is 12.4 Å². The van der Waals surface area contributed by atoms with E-state index < -0.39 is 56.4 Å². The predicted octanol–water partition coefficient (Wildman–Crippen LogP) is 8.56. The molecular weight excluding hydrogens is 695 g/mol. The van der Waals surface area contributed by atoms with E-state index in [4.69, 9.17) is 9.47 Å². The van der Waals surface area contributed by atoms with Crippen LogP contribution in [-0.4, -0.2) is 73.0 Å². The van der Waals surface area contributed by atoms with E-state index in [1.54, 1.807) is 10.8 Å². The Kier molecular flexibility index (Phi) is 14.2. The molecule has 0 saturated heterocycles. The van der Waals surface area contributed by atoms with Gasteiger partial charge >= 0.3 is 36.9 Å². The van der Waals surface area contributed by atoms with E-state index in [2.05, 4.69) is 19.4 Å². The molecule has 0 aliphatic rings. The summed E-state index contributed by atoms with van der Waals surface area (Å²) in [4.78, 5) is 8.23. The van der Waals surface area contributed by atoms with Crippen LogP contribution < -0.4 is 4.74 Å². The van der Waals surface area contributed by atoms with E-state index in [-0.39, 0.29) is 18.0 Å². The fourth-order valence-electron chi connectivity index (χ4n) is 3.50. The monoisotopic (exact) mass is 724 g/mol. The lowest BCUT2D eigenvalue weighted by molar-refractivity contribution is -0.564. The van der Waals surface area contributed by atoms with Crippen molar-refractivity contribution >= 4 is 0 Å². The van der Waals surface area contributed by atoms with Crippen molar-refractivity contribution in [3.05, 3.63) is 42.2 Å². The maximum Gasteiger partial charge on any atom is 0.527 e. The van der Waals surface area contributed by atoms with Crippen molar-refractivity contribution in [1.82, 2.24) is 9.97 Å². The second-order valence-electron chi connectivity index (χ2n) is 9.71. The molecule has 1 aromatic carbocycles. The van der Waals surface area contributed by atoms with Gasteiger partial charge in [-0.15, -0.1) is 13.2 Å². The molecule has 0 N–H and O–H groups in total. The average molecular weight is 725 g/mol. The quantitative estimate of drug-likeness (QED) is 0.0720. The summed E-state index contributed by atoms with van der Waals surface area (Å²) in [5, 5.41) is 0. The summed E-state index contributed by atoms with van der Waals surface area (Å²) in [5.41, 5.74) is 0.770. The van der Waals surface area contributed by atoms with Crippen molar-refractivity contribution in [2.24, 2.45) is 0 Å². The Labute approximate surface area is 264 Å². The van der Waals surface area contributed by atoms with Crippen molar-refractivity contribution in [3.8, 4) is 17.1 Å². The number of hydrogen-bond donors (Lipinski definition) is 0. The third-order valence-corrected chi connectivity index (χ3v) is 5.72. The van der Waals surface area contributed by atoms with Crippen LogP contribution >= 0.6 is 0 Å². The van der Waals surface area contributed by atoms with Crippen molar-refractivity contribution in [2.45, 2.75) is 89.1 Å². The van der Waals surface area contributed by atoms with E-state index in [0.29, 0.717) is 30.6 Å². The summed E-state index contributed by atoms with van der Waals surface area (Å²) in [7, 11) is 0. The molecule has 48 heavy (non-hydrogen) atoms. The van der Waals surface area contributed by atoms with Gasteiger partial charge in [0.2, 0.25) is 0 Å². The minimum atomic E-state index is -7.12. The van der Waals surface area contributed by atoms with Crippen LogP contribution in [0.1, 0.15) is 45.1 Å². The first-order valence-electron chi connectivity index (χ1n) is 13.9. The molecule has 0 amide bonds. The Bertz CT molecular complexity index is 1270. The van der Waals surface area contributed by atoms with E-state index in [9.17, 15) is 57.1 Å². The van der Waals surface area contributed by atoms with Crippen LogP contribution in [-0.2, 0) is 30.1 Å². The molecule has 1 atom stereocenters.